The second-order valence-corrected chi connectivity index (χ2v) is 6.70. The van der Waals surface area contributed by atoms with E-state index in [-0.39, 0.29) is 5.75 Å². The molecule has 0 spiro atoms. The molecule has 4 rings (SSSR count). The van der Waals surface area contributed by atoms with Crippen LogP contribution in [0.15, 0.2) is 53.7 Å². The molecule has 2 aromatic carbocycles. The Balaban J connectivity index is 1.77. The lowest BCUT2D eigenvalue weighted by atomic mass is 10.2. The third-order valence-electron chi connectivity index (χ3n) is 4.23. The SMILES string of the molecule is Cn1c(Cn2c3ccccc3c3ccccc32)nnc1SCC(=O)O. The van der Waals surface area contributed by atoms with Crippen molar-refractivity contribution in [2.75, 3.05) is 5.75 Å². The summed E-state index contributed by atoms with van der Waals surface area (Å²) < 4.78 is 4.08. The number of aliphatic carboxylic acids is 1. The van der Waals surface area contributed by atoms with Gasteiger partial charge in [0.25, 0.3) is 0 Å². The van der Waals surface area contributed by atoms with Crippen LogP contribution in [0.25, 0.3) is 21.8 Å². The Morgan fingerprint density at radius 3 is 2.24 bits per heavy atom. The number of rotatable bonds is 5. The standard InChI is InChI=1S/C18H16N4O2S/c1-21-16(19-20-18(21)25-11-17(23)24)10-22-14-8-4-2-6-12(14)13-7-3-5-9-15(13)22/h2-9H,10-11H2,1H3,(H,23,24). The number of fused-ring (bicyclic) bond motifs is 3. The molecule has 0 saturated heterocycles. The Morgan fingerprint density at radius 2 is 1.64 bits per heavy atom. The fraction of sp³-hybridized carbons (Fsp3) is 0.167. The van der Waals surface area contributed by atoms with E-state index in [2.05, 4.69) is 39.0 Å². The molecule has 6 nitrogen and oxygen atoms in total. The molecule has 1 N–H and O–H groups in total. The van der Waals surface area contributed by atoms with E-state index in [1.54, 1.807) is 0 Å². The highest BCUT2D eigenvalue weighted by Gasteiger charge is 2.15. The van der Waals surface area contributed by atoms with Crippen LogP contribution >= 0.6 is 11.8 Å². The Kier molecular flexibility index (Phi) is 3.93. The lowest BCUT2D eigenvalue weighted by Gasteiger charge is -2.07. The molecule has 0 fully saturated rings. The second kappa shape index (κ2) is 6.25. The first-order valence-corrected chi connectivity index (χ1v) is 8.82. The Bertz CT molecular complexity index is 1030. The first-order valence-electron chi connectivity index (χ1n) is 7.84. The maximum absolute atomic E-state index is 10.8. The highest BCUT2D eigenvalue weighted by atomic mass is 32.2. The quantitative estimate of drug-likeness (QED) is 0.559. The fourth-order valence-corrected chi connectivity index (χ4v) is 3.70. The van der Waals surface area contributed by atoms with Crippen LogP contribution in [0, 0.1) is 0 Å². The number of nitrogens with zero attached hydrogens (tertiary/aromatic N) is 4. The number of carbonyl (C=O) groups is 1. The Labute approximate surface area is 148 Å². The molecule has 0 atom stereocenters. The van der Waals surface area contributed by atoms with Crippen molar-refractivity contribution in [1.29, 1.82) is 0 Å². The Hall–Kier alpha value is -2.80. The van der Waals surface area contributed by atoms with Crippen molar-refractivity contribution < 1.29 is 9.90 Å². The van der Waals surface area contributed by atoms with Gasteiger partial charge in [0.1, 0.15) is 0 Å². The molecule has 2 heterocycles. The third kappa shape index (κ3) is 2.76. The molecule has 0 amide bonds. The van der Waals surface area contributed by atoms with E-state index in [4.69, 9.17) is 5.11 Å². The fourth-order valence-electron chi connectivity index (χ4n) is 3.05. The van der Waals surface area contributed by atoms with Crippen molar-refractivity contribution in [3.63, 3.8) is 0 Å². The topological polar surface area (TPSA) is 72.9 Å². The highest BCUT2D eigenvalue weighted by molar-refractivity contribution is 7.99. The summed E-state index contributed by atoms with van der Waals surface area (Å²) in [5.74, 6) is -0.0993. The Morgan fingerprint density at radius 1 is 1.04 bits per heavy atom. The first kappa shape index (κ1) is 15.7. The average Bonchev–Trinajstić information content (AvgIpc) is 3.13. The monoisotopic (exact) mass is 352 g/mol. The van der Waals surface area contributed by atoms with Crippen LogP contribution in [0.2, 0.25) is 0 Å². The van der Waals surface area contributed by atoms with Gasteiger partial charge in [0.2, 0.25) is 0 Å². The molecule has 4 aromatic rings. The van der Waals surface area contributed by atoms with Crippen LogP contribution in [0.1, 0.15) is 5.82 Å². The van der Waals surface area contributed by atoms with Gasteiger partial charge in [-0.05, 0) is 12.1 Å². The number of hydrogen-bond acceptors (Lipinski definition) is 4. The predicted molar refractivity (Wildman–Crippen MR) is 97.9 cm³/mol. The van der Waals surface area contributed by atoms with Gasteiger partial charge in [-0.15, -0.1) is 10.2 Å². The first-order chi connectivity index (χ1) is 12.1. The van der Waals surface area contributed by atoms with E-state index in [9.17, 15) is 4.79 Å². The molecule has 0 aliphatic heterocycles. The van der Waals surface area contributed by atoms with Crippen molar-refractivity contribution in [3.8, 4) is 0 Å². The summed E-state index contributed by atoms with van der Waals surface area (Å²) in [6.45, 7) is 0.575. The van der Waals surface area contributed by atoms with Crippen molar-refractivity contribution >= 4 is 39.5 Å². The highest BCUT2D eigenvalue weighted by Crippen LogP contribution is 2.29. The van der Waals surface area contributed by atoms with Crippen LogP contribution in [0.5, 0.6) is 0 Å². The smallest absolute Gasteiger partial charge is 0.313 e. The van der Waals surface area contributed by atoms with Gasteiger partial charge in [-0.1, -0.05) is 48.2 Å². The predicted octanol–water partition coefficient (Wildman–Crippen LogP) is 3.15. The van der Waals surface area contributed by atoms with E-state index in [1.165, 1.54) is 22.5 Å². The van der Waals surface area contributed by atoms with Crippen LogP contribution in [-0.4, -0.2) is 36.2 Å². The van der Waals surface area contributed by atoms with Gasteiger partial charge < -0.3 is 14.2 Å². The molecule has 0 aliphatic carbocycles. The van der Waals surface area contributed by atoms with Gasteiger partial charge in [-0.3, -0.25) is 4.79 Å². The number of aromatic nitrogens is 4. The number of benzene rings is 2. The summed E-state index contributed by atoms with van der Waals surface area (Å²) in [4.78, 5) is 10.8. The number of hydrogen-bond donors (Lipinski definition) is 1. The summed E-state index contributed by atoms with van der Waals surface area (Å²) in [6, 6.07) is 16.6. The van der Waals surface area contributed by atoms with E-state index < -0.39 is 5.97 Å². The van der Waals surface area contributed by atoms with Crippen molar-refractivity contribution in [2.45, 2.75) is 11.7 Å². The maximum Gasteiger partial charge on any atom is 0.313 e. The number of carboxylic acid groups (broad SMARTS) is 1. The third-order valence-corrected chi connectivity index (χ3v) is 5.23. The summed E-state index contributed by atoms with van der Waals surface area (Å²) in [5, 5.41) is 20.2. The summed E-state index contributed by atoms with van der Waals surface area (Å²) in [6.07, 6.45) is 0. The van der Waals surface area contributed by atoms with E-state index >= 15 is 0 Å². The minimum atomic E-state index is -0.864. The minimum Gasteiger partial charge on any atom is -0.481 e. The molecule has 126 valence electrons. The second-order valence-electron chi connectivity index (χ2n) is 5.76. The molecular formula is C18H16N4O2S. The molecular weight excluding hydrogens is 336 g/mol. The zero-order valence-corrected chi connectivity index (χ0v) is 14.4. The molecule has 0 radical (unpaired) electrons. The van der Waals surface area contributed by atoms with Crippen molar-refractivity contribution in [1.82, 2.24) is 19.3 Å². The van der Waals surface area contributed by atoms with Gasteiger partial charge >= 0.3 is 5.97 Å². The van der Waals surface area contributed by atoms with Gasteiger partial charge in [-0.2, -0.15) is 0 Å². The van der Waals surface area contributed by atoms with Crippen LogP contribution in [-0.2, 0) is 18.4 Å². The van der Waals surface area contributed by atoms with Crippen LogP contribution in [0.3, 0.4) is 0 Å². The van der Waals surface area contributed by atoms with Gasteiger partial charge in [-0.25, -0.2) is 0 Å². The van der Waals surface area contributed by atoms with E-state index in [1.807, 2.05) is 35.9 Å². The largest absolute Gasteiger partial charge is 0.481 e. The lowest BCUT2D eigenvalue weighted by molar-refractivity contribution is -0.133. The summed E-state index contributed by atoms with van der Waals surface area (Å²) in [5.41, 5.74) is 2.29. The summed E-state index contributed by atoms with van der Waals surface area (Å²) in [7, 11) is 1.87. The molecule has 0 saturated carbocycles. The molecule has 2 aromatic heterocycles. The molecule has 0 unspecified atom stereocenters. The summed E-state index contributed by atoms with van der Waals surface area (Å²) >= 11 is 1.18. The van der Waals surface area contributed by atoms with Gasteiger partial charge in [0, 0.05) is 28.9 Å². The van der Waals surface area contributed by atoms with Crippen LogP contribution < -0.4 is 0 Å². The lowest BCUT2D eigenvalue weighted by Crippen LogP contribution is -2.07. The van der Waals surface area contributed by atoms with Gasteiger partial charge in [0.15, 0.2) is 11.0 Å². The van der Waals surface area contributed by atoms with Crippen molar-refractivity contribution in [2.24, 2.45) is 7.05 Å². The maximum atomic E-state index is 10.8. The zero-order valence-electron chi connectivity index (χ0n) is 13.6. The average molecular weight is 352 g/mol. The minimum absolute atomic E-state index is 0.0264. The molecule has 7 heteroatoms. The number of para-hydroxylation sites is 2. The molecule has 0 bridgehead atoms. The number of carboxylic acids is 1. The van der Waals surface area contributed by atoms with Crippen LogP contribution in [0.4, 0.5) is 0 Å². The normalized spacial score (nSPS) is 11.4. The molecule has 0 aliphatic rings. The number of thioether (sulfide) groups is 1. The van der Waals surface area contributed by atoms with Gasteiger partial charge in [0.05, 0.1) is 12.3 Å². The zero-order chi connectivity index (χ0) is 17.4. The van der Waals surface area contributed by atoms with E-state index in [0.717, 1.165) is 16.9 Å². The van der Waals surface area contributed by atoms with Crippen molar-refractivity contribution in [3.05, 3.63) is 54.4 Å². The van der Waals surface area contributed by atoms with E-state index in [0.29, 0.717) is 11.7 Å². The molecule has 25 heavy (non-hydrogen) atoms.